The van der Waals surface area contributed by atoms with Gasteiger partial charge in [-0.1, -0.05) is 6.92 Å². The normalized spacial score (nSPS) is 22.9. The zero-order valence-corrected chi connectivity index (χ0v) is 13.3. The molecule has 0 aliphatic heterocycles. The summed E-state index contributed by atoms with van der Waals surface area (Å²) in [6, 6.07) is 9.18. The molecule has 108 valence electrons. The lowest BCUT2D eigenvalue weighted by atomic mass is 10.2. The van der Waals surface area contributed by atoms with Crippen molar-refractivity contribution in [2.45, 2.75) is 52.1 Å². The number of hydrogen-bond acceptors (Lipinski definition) is 3. The molecule has 1 aliphatic carbocycles. The molecule has 20 heavy (non-hydrogen) atoms. The molecule has 3 atom stereocenters. The molecule has 2 heterocycles. The summed E-state index contributed by atoms with van der Waals surface area (Å²) in [5.74, 6) is 3.72. The van der Waals surface area contributed by atoms with Crippen LogP contribution >= 0.6 is 11.3 Å². The van der Waals surface area contributed by atoms with Gasteiger partial charge >= 0.3 is 0 Å². The minimum absolute atomic E-state index is 0.474. The molecule has 2 aromatic heterocycles. The van der Waals surface area contributed by atoms with Crippen molar-refractivity contribution in [1.29, 1.82) is 0 Å². The number of hydrogen-bond donors (Lipinski definition) is 1. The molecule has 2 aromatic rings. The summed E-state index contributed by atoms with van der Waals surface area (Å²) in [4.78, 5) is 2.84. The van der Waals surface area contributed by atoms with Gasteiger partial charge in [0.2, 0.25) is 0 Å². The van der Waals surface area contributed by atoms with Gasteiger partial charge in [-0.05, 0) is 56.9 Å². The van der Waals surface area contributed by atoms with E-state index >= 15 is 0 Å². The molecule has 3 rings (SSSR count). The Morgan fingerprint density at radius 2 is 2.15 bits per heavy atom. The average Bonchev–Trinajstić information content (AvgIpc) is 2.82. The molecule has 1 fully saturated rings. The van der Waals surface area contributed by atoms with E-state index in [1.54, 1.807) is 0 Å². The predicted molar refractivity (Wildman–Crippen MR) is 84.3 cm³/mol. The second-order valence-corrected chi connectivity index (χ2v) is 7.49. The minimum atomic E-state index is 0.474. The summed E-state index contributed by atoms with van der Waals surface area (Å²) in [5.41, 5.74) is 0. The molecule has 0 bridgehead atoms. The van der Waals surface area contributed by atoms with Crippen LogP contribution in [0.15, 0.2) is 28.7 Å². The lowest BCUT2D eigenvalue weighted by molar-refractivity contribution is 0.427. The number of aryl methyl sites for hydroxylation is 1. The van der Waals surface area contributed by atoms with E-state index in [2.05, 4.69) is 50.4 Å². The van der Waals surface area contributed by atoms with E-state index in [4.69, 9.17) is 4.42 Å². The van der Waals surface area contributed by atoms with Gasteiger partial charge in [0.15, 0.2) is 0 Å². The molecule has 3 unspecified atom stereocenters. The topological polar surface area (TPSA) is 25.2 Å². The van der Waals surface area contributed by atoms with Gasteiger partial charge in [-0.25, -0.2) is 0 Å². The van der Waals surface area contributed by atoms with Crippen molar-refractivity contribution in [3.8, 4) is 0 Å². The van der Waals surface area contributed by atoms with E-state index in [0.717, 1.165) is 24.6 Å². The standard InChI is InChI=1S/C17H23NOS/c1-11-8-16(11)17-7-5-14(19-17)10-18-12(2)9-15-6-4-13(3)20-15/h4-7,11-12,16,18H,8-10H2,1-3H3. The monoisotopic (exact) mass is 289 g/mol. The summed E-state index contributed by atoms with van der Waals surface area (Å²) >= 11 is 1.89. The van der Waals surface area contributed by atoms with E-state index < -0.39 is 0 Å². The summed E-state index contributed by atoms with van der Waals surface area (Å²) < 4.78 is 5.92. The smallest absolute Gasteiger partial charge is 0.117 e. The van der Waals surface area contributed by atoms with Gasteiger partial charge < -0.3 is 9.73 Å². The number of furan rings is 1. The van der Waals surface area contributed by atoms with Gasteiger partial charge in [-0.3, -0.25) is 0 Å². The van der Waals surface area contributed by atoms with Crippen molar-refractivity contribution in [1.82, 2.24) is 5.32 Å². The molecule has 3 heteroatoms. The molecule has 0 aromatic carbocycles. The Kier molecular flexibility index (Phi) is 3.99. The molecule has 0 spiro atoms. The molecule has 0 amide bonds. The quantitative estimate of drug-likeness (QED) is 0.847. The van der Waals surface area contributed by atoms with Crippen molar-refractivity contribution in [3.63, 3.8) is 0 Å². The van der Waals surface area contributed by atoms with E-state index in [0.29, 0.717) is 12.0 Å². The Balaban J connectivity index is 1.47. The first-order valence-electron chi connectivity index (χ1n) is 7.49. The maximum atomic E-state index is 5.92. The van der Waals surface area contributed by atoms with Crippen LogP contribution in [0.4, 0.5) is 0 Å². The SMILES string of the molecule is Cc1ccc(CC(C)NCc2ccc(C3CC3C)o2)s1. The summed E-state index contributed by atoms with van der Waals surface area (Å²) in [5, 5.41) is 3.55. The molecular weight excluding hydrogens is 266 g/mol. The number of thiophene rings is 1. The Hall–Kier alpha value is -1.06. The third-order valence-electron chi connectivity index (χ3n) is 4.09. The van der Waals surface area contributed by atoms with Crippen molar-refractivity contribution in [3.05, 3.63) is 45.5 Å². The maximum absolute atomic E-state index is 5.92. The van der Waals surface area contributed by atoms with Crippen LogP contribution in [0, 0.1) is 12.8 Å². The fourth-order valence-electron chi connectivity index (χ4n) is 2.65. The Bertz CT molecular complexity index is 571. The summed E-state index contributed by atoms with van der Waals surface area (Å²) in [6.45, 7) is 7.51. The lowest BCUT2D eigenvalue weighted by Crippen LogP contribution is -2.27. The fourth-order valence-corrected chi connectivity index (χ4v) is 3.67. The van der Waals surface area contributed by atoms with Gasteiger partial charge in [-0.15, -0.1) is 11.3 Å². The zero-order chi connectivity index (χ0) is 14.1. The molecule has 0 saturated heterocycles. The van der Waals surface area contributed by atoms with E-state index in [9.17, 15) is 0 Å². The van der Waals surface area contributed by atoms with Crippen molar-refractivity contribution in [2.75, 3.05) is 0 Å². The zero-order valence-electron chi connectivity index (χ0n) is 12.5. The molecule has 1 aliphatic rings. The van der Waals surface area contributed by atoms with E-state index in [-0.39, 0.29) is 0 Å². The van der Waals surface area contributed by atoms with Gasteiger partial charge in [0.05, 0.1) is 6.54 Å². The van der Waals surface area contributed by atoms with Crippen molar-refractivity contribution >= 4 is 11.3 Å². The Morgan fingerprint density at radius 3 is 2.80 bits per heavy atom. The van der Waals surface area contributed by atoms with Gasteiger partial charge in [-0.2, -0.15) is 0 Å². The lowest BCUT2D eigenvalue weighted by Gasteiger charge is -2.11. The molecule has 2 nitrogen and oxygen atoms in total. The van der Waals surface area contributed by atoms with E-state index in [1.165, 1.54) is 21.9 Å². The van der Waals surface area contributed by atoms with Crippen LogP contribution in [0.5, 0.6) is 0 Å². The molecule has 0 radical (unpaired) electrons. The fraction of sp³-hybridized carbons (Fsp3) is 0.529. The van der Waals surface area contributed by atoms with Crippen LogP contribution in [0.2, 0.25) is 0 Å². The summed E-state index contributed by atoms with van der Waals surface area (Å²) in [6.07, 6.45) is 2.38. The average molecular weight is 289 g/mol. The van der Waals surface area contributed by atoms with Crippen LogP contribution in [-0.2, 0) is 13.0 Å². The molecular formula is C17H23NOS. The highest BCUT2D eigenvalue weighted by atomic mass is 32.1. The van der Waals surface area contributed by atoms with Crippen molar-refractivity contribution < 1.29 is 4.42 Å². The largest absolute Gasteiger partial charge is 0.464 e. The number of nitrogens with one attached hydrogen (secondary N) is 1. The first kappa shape index (κ1) is 13.9. The second-order valence-electron chi connectivity index (χ2n) is 6.12. The first-order valence-corrected chi connectivity index (χ1v) is 8.31. The van der Waals surface area contributed by atoms with Crippen LogP contribution in [0.25, 0.3) is 0 Å². The van der Waals surface area contributed by atoms with Crippen molar-refractivity contribution in [2.24, 2.45) is 5.92 Å². The predicted octanol–water partition coefficient (Wildman–Crippen LogP) is 4.49. The Morgan fingerprint density at radius 1 is 1.35 bits per heavy atom. The number of rotatable bonds is 6. The maximum Gasteiger partial charge on any atom is 0.117 e. The third kappa shape index (κ3) is 3.33. The van der Waals surface area contributed by atoms with Crippen LogP contribution in [-0.4, -0.2) is 6.04 Å². The highest BCUT2D eigenvalue weighted by molar-refractivity contribution is 7.11. The third-order valence-corrected chi connectivity index (χ3v) is 5.11. The highest BCUT2D eigenvalue weighted by Crippen LogP contribution is 2.47. The molecule has 1 N–H and O–H groups in total. The first-order chi connectivity index (χ1) is 9.61. The second kappa shape index (κ2) is 5.74. The van der Waals surface area contributed by atoms with Gasteiger partial charge in [0.25, 0.3) is 0 Å². The van der Waals surface area contributed by atoms with Gasteiger partial charge in [0.1, 0.15) is 11.5 Å². The van der Waals surface area contributed by atoms with Crippen LogP contribution in [0.3, 0.4) is 0 Å². The van der Waals surface area contributed by atoms with Crippen LogP contribution < -0.4 is 5.32 Å². The van der Waals surface area contributed by atoms with Gasteiger partial charge in [0, 0.05) is 21.7 Å². The Labute approximate surface area is 125 Å². The van der Waals surface area contributed by atoms with Crippen LogP contribution in [0.1, 0.15) is 47.5 Å². The summed E-state index contributed by atoms with van der Waals surface area (Å²) in [7, 11) is 0. The molecule has 1 saturated carbocycles. The minimum Gasteiger partial charge on any atom is -0.464 e. The highest BCUT2D eigenvalue weighted by Gasteiger charge is 2.36. The van der Waals surface area contributed by atoms with E-state index in [1.807, 2.05) is 11.3 Å².